The van der Waals surface area contributed by atoms with E-state index in [0.717, 1.165) is 12.0 Å². The molecule has 0 bridgehead atoms. The van der Waals surface area contributed by atoms with Gasteiger partial charge in [0.05, 0.1) is 6.26 Å². The Bertz CT molecular complexity index is 799. The average molecular weight is 338 g/mol. The number of nitrogens with one attached hydrogen (secondary N) is 1. The molecule has 2 rings (SSSR count). The predicted octanol–water partition coefficient (Wildman–Crippen LogP) is 3.32. The van der Waals surface area contributed by atoms with Gasteiger partial charge in [-0.25, -0.2) is 4.79 Å². The smallest absolute Gasteiger partial charge is 0.349 e. The number of carbonyl (C=O) groups excluding carboxylic acids is 2. The van der Waals surface area contributed by atoms with Gasteiger partial charge in [-0.15, -0.1) is 0 Å². The third-order valence-electron chi connectivity index (χ3n) is 3.45. The predicted molar refractivity (Wildman–Crippen MR) is 92.3 cm³/mol. The van der Waals surface area contributed by atoms with Gasteiger partial charge in [0.1, 0.15) is 17.4 Å². The molecule has 1 N–H and O–H groups in total. The zero-order valence-corrected chi connectivity index (χ0v) is 14.0. The number of nitriles is 1. The van der Waals surface area contributed by atoms with Crippen LogP contribution in [0.4, 0.5) is 5.69 Å². The molecular formula is C19H18N2O4. The first-order valence-corrected chi connectivity index (χ1v) is 7.79. The van der Waals surface area contributed by atoms with Crippen molar-refractivity contribution in [3.8, 4) is 6.07 Å². The molecule has 0 aliphatic heterocycles. The molecule has 0 unspecified atom stereocenters. The van der Waals surface area contributed by atoms with Crippen molar-refractivity contribution in [1.82, 2.24) is 0 Å². The number of rotatable bonds is 6. The van der Waals surface area contributed by atoms with Crippen molar-refractivity contribution in [2.45, 2.75) is 26.4 Å². The van der Waals surface area contributed by atoms with Crippen molar-refractivity contribution in [2.75, 3.05) is 5.32 Å². The number of hydrogen-bond donors (Lipinski definition) is 1. The molecule has 6 heteroatoms. The first-order chi connectivity index (χ1) is 12.0. The summed E-state index contributed by atoms with van der Waals surface area (Å²) in [6.07, 6.45) is 2.54. The summed E-state index contributed by atoms with van der Waals surface area (Å²) in [4.78, 5) is 24.1. The molecule has 2 aromatic rings. The van der Waals surface area contributed by atoms with Gasteiger partial charge in [-0.2, -0.15) is 5.26 Å². The Labute approximate surface area is 145 Å². The summed E-state index contributed by atoms with van der Waals surface area (Å²) in [5.41, 5.74) is 1.51. The van der Waals surface area contributed by atoms with Crippen molar-refractivity contribution in [1.29, 1.82) is 5.26 Å². The normalized spacial score (nSPS) is 12.1. The van der Waals surface area contributed by atoms with Crippen molar-refractivity contribution < 1.29 is 18.7 Å². The lowest BCUT2D eigenvalue weighted by Gasteiger charge is -2.13. The third-order valence-corrected chi connectivity index (χ3v) is 3.45. The zero-order chi connectivity index (χ0) is 18.2. The summed E-state index contributed by atoms with van der Waals surface area (Å²) in [5, 5.41) is 11.7. The Kier molecular flexibility index (Phi) is 6.13. The van der Waals surface area contributed by atoms with Crippen LogP contribution in [0.2, 0.25) is 0 Å². The number of nitrogens with zero attached hydrogens (tertiary/aromatic N) is 1. The van der Waals surface area contributed by atoms with E-state index in [1.807, 2.05) is 19.1 Å². The molecule has 25 heavy (non-hydrogen) atoms. The number of hydrogen-bond acceptors (Lipinski definition) is 5. The second-order valence-corrected chi connectivity index (χ2v) is 5.27. The van der Waals surface area contributed by atoms with Crippen LogP contribution >= 0.6 is 0 Å². The van der Waals surface area contributed by atoms with Crippen LogP contribution in [0.1, 0.15) is 25.2 Å². The first kappa shape index (κ1) is 18.0. The lowest BCUT2D eigenvalue weighted by molar-refractivity contribution is -0.148. The summed E-state index contributed by atoms with van der Waals surface area (Å²) in [7, 11) is 0. The van der Waals surface area contributed by atoms with E-state index in [0.29, 0.717) is 11.4 Å². The van der Waals surface area contributed by atoms with E-state index in [1.54, 1.807) is 30.3 Å². The molecule has 0 saturated heterocycles. The molecule has 0 spiro atoms. The quantitative estimate of drug-likeness (QED) is 0.495. The van der Waals surface area contributed by atoms with Crippen LogP contribution in [0, 0.1) is 11.3 Å². The fourth-order valence-electron chi connectivity index (χ4n) is 2.00. The van der Waals surface area contributed by atoms with Crippen LogP contribution in [0.15, 0.2) is 52.7 Å². The van der Waals surface area contributed by atoms with Crippen molar-refractivity contribution in [3.05, 3.63) is 59.6 Å². The molecule has 128 valence electrons. The topological polar surface area (TPSA) is 92.3 Å². The Morgan fingerprint density at radius 3 is 2.60 bits per heavy atom. The van der Waals surface area contributed by atoms with Crippen molar-refractivity contribution in [2.24, 2.45) is 0 Å². The van der Waals surface area contributed by atoms with E-state index in [-0.39, 0.29) is 5.57 Å². The van der Waals surface area contributed by atoms with Gasteiger partial charge in [-0.1, -0.05) is 19.1 Å². The second-order valence-electron chi connectivity index (χ2n) is 5.27. The molecule has 0 radical (unpaired) electrons. The van der Waals surface area contributed by atoms with Crippen LogP contribution in [0.3, 0.4) is 0 Å². The standard InChI is InChI=1S/C19H18N2O4/c1-3-14-6-8-16(9-7-14)21-18(22)13(2)25-19(23)15(12-20)11-17-5-4-10-24-17/h4-11,13H,3H2,1-2H3,(H,21,22)/b15-11+/t13-/m1/s1. The number of furan rings is 1. The SMILES string of the molecule is CCc1ccc(NC(=O)[C@@H](C)OC(=O)/C(C#N)=C/c2ccco2)cc1. The highest BCUT2D eigenvalue weighted by Crippen LogP contribution is 2.12. The Hall–Kier alpha value is -3.33. The Balaban J connectivity index is 1.97. The largest absolute Gasteiger partial charge is 0.465 e. The van der Waals surface area contributed by atoms with E-state index in [2.05, 4.69) is 5.32 Å². The lowest BCUT2D eigenvalue weighted by Crippen LogP contribution is -2.30. The molecule has 0 saturated carbocycles. The van der Waals surface area contributed by atoms with Crippen molar-refractivity contribution in [3.63, 3.8) is 0 Å². The van der Waals surface area contributed by atoms with Crippen LogP contribution in [-0.2, 0) is 20.7 Å². The summed E-state index contributed by atoms with van der Waals surface area (Å²) in [5.74, 6) is -1.02. The van der Waals surface area contributed by atoms with Gasteiger partial charge in [-0.3, -0.25) is 4.79 Å². The van der Waals surface area contributed by atoms with Crippen LogP contribution in [0.25, 0.3) is 6.08 Å². The molecule has 0 fully saturated rings. The summed E-state index contributed by atoms with van der Waals surface area (Å²) >= 11 is 0. The van der Waals surface area contributed by atoms with Gasteiger partial charge in [-0.05, 0) is 43.2 Å². The van der Waals surface area contributed by atoms with E-state index < -0.39 is 18.0 Å². The minimum absolute atomic E-state index is 0.248. The maximum absolute atomic E-state index is 12.1. The van der Waals surface area contributed by atoms with Gasteiger partial charge in [0.15, 0.2) is 6.10 Å². The Morgan fingerprint density at radius 2 is 2.04 bits per heavy atom. The highest BCUT2D eigenvalue weighted by atomic mass is 16.5. The second kappa shape index (κ2) is 8.50. The molecule has 0 aliphatic rings. The van der Waals surface area contributed by atoms with Crippen molar-refractivity contribution >= 4 is 23.6 Å². The summed E-state index contributed by atoms with van der Waals surface area (Å²) in [6, 6.07) is 12.3. The molecule has 1 amide bonds. The fraction of sp³-hybridized carbons (Fsp3) is 0.211. The summed E-state index contributed by atoms with van der Waals surface area (Å²) < 4.78 is 10.1. The zero-order valence-electron chi connectivity index (χ0n) is 14.0. The highest BCUT2D eigenvalue weighted by molar-refractivity contribution is 6.00. The van der Waals surface area contributed by atoms with Crippen LogP contribution < -0.4 is 5.32 Å². The van der Waals surface area contributed by atoms with Crippen LogP contribution in [0.5, 0.6) is 0 Å². The fourth-order valence-corrected chi connectivity index (χ4v) is 2.00. The number of aryl methyl sites for hydroxylation is 1. The number of esters is 1. The van der Waals surface area contributed by atoms with E-state index in [1.165, 1.54) is 19.3 Å². The number of anilines is 1. The molecule has 1 aromatic heterocycles. The maximum atomic E-state index is 12.1. The number of amides is 1. The molecule has 6 nitrogen and oxygen atoms in total. The summed E-state index contributed by atoms with van der Waals surface area (Å²) in [6.45, 7) is 3.48. The molecular weight excluding hydrogens is 320 g/mol. The Morgan fingerprint density at radius 1 is 1.32 bits per heavy atom. The van der Waals surface area contributed by atoms with E-state index in [9.17, 15) is 9.59 Å². The highest BCUT2D eigenvalue weighted by Gasteiger charge is 2.21. The average Bonchev–Trinajstić information content (AvgIpc) is 3.13. The van der Waals surface area contributed by atoms with Crippen LogP contribution in [-0.4, -0.2) is 18.0 Å². The van der Waals surface area contributed by atoms with E-state index >= 15 is 0 Å². The number of carbonyl (C=O) groups is 2. The minimum atomic E-state index is -1.05. The number of benzene rings is 1. The molecule has 0 aliphatic carbocycles. The molecule has 1 heterocycles. The van der Waals surface area contributed by atoms with Gasteiger partial charge >= 0.3 is 5.97 Å². The van der Waals surface area contributed by atoms with Gasteiger partial charge < -0.3 is 14.5 Å². The van der Waals surface area contributed by atoms with E-state index in [4.69, 9.17) is 14.4 Å². The van der Waals surface area contributed by atoms with Gasteiger partial charge in [0.2, 0.25) is 0 Å². The van der Waals surface area contributed by atoms with Gasteiger partial charge in [0.25, 0.3) is 5.91 Å². The maximum Gasteiger partial charge on any atom is 0.349 e. The lowest BCUT2D eigenvalue weighted by atomic mass is 10.1. The minimum Gasteiger partial charge on any atom is -0.465 e. The molecule has 1 atom stereocenters. The number of ether oxygens (including phenoxy) is 1. The van der Waals surface area contributed by atoms with Gasteiger partial charge in [0, 0.05) is 11.8 Å². The first-order valence-electron chi connectivity index (χ1n) is 7.79. The monoisotopic (exact) mass is 338 g/mol. The third kappa shape index (κ3) is 5.08. The molecule has 1 aromatic carbocycles.